The second-order valence-electron chi connectivity index (χ2n) is 3.28. The van der Waals surface area contributed by atoms with Crippen LogP contribution in [0.5, 0.6) is 0 Å². The van der Waals surface area contributed by atoms with E-state index >= 15 is 0 Å². The molecule has 4 nitrogen and oxygen atoms in total. The third-order valence-electron chi connectivity index (χ3n) is 1.95. The highest BCUT2D eigenvalue weighted by molar-refractivity contribution is 7.91. The summed E-state index contributed by atoms with van der Waals surface area (Å²) in [6.07, 6.45) is 2.31. The zero-order chi connectivity index (χ0) is 11.0. The van der Waals surface area contributed by atoms with Crippen molar-refractivity contribution in [1.82, 2.24) is 5.32 Å². The second-order valence-corrected chi connectivity index (χ2v) is 5.59. The van der Waals surface area contributed by atoms with Crippen LogP contribution in [0.1, 0.15) is 32.6 Å². The van der Waals surface area contributed by atoms with Gasteiger partial charge in [-0.25, -0.2) is 8.42 Å². The molecule has 0 spiro atoms. The highest BCUT2D eigenvalue weighted by Crippen LogP contribution is 2.01. The third-order valence-corrected chi connectivity index (χ3v) is 3.77. The summed E-state index contributed by atoms with van der Waals surface area (Å²) in [7, 11) is -1.38. The maximum atomic E-state index is 11.3. The molecule has 5 heteroatoms. The van der Waals surface area contributed by atoms with Gasteiger partial charge in [-0.1, -0.05) is 13.3 Å². The van der Waals surface area contributed by atoms with Crippen LogP contribution in [0.25, 0.3) is 0 Å². The van der Waals surface area contributed by atoms with Crippen LogP contribution in [0.2, 0.25) is 0 Å². The van der Waals surface area contributed by atoms with Gasteiger partial charge in [0.25, 0.3) is 0 Å². The van der Waals surface area contributed by atoms with E-state index in [0.29, 0.717) is 19.3 Å². The molecule has 0 unspecified atom stereocenters. The first kappa shape index (κ1) is 13.4. The van der Waals surface area contributed by atoms with Crippen molar-refractivity contribution in [2.45, 2.75) is 32.6 Å². The fourth-order valence-corrected chi connectivity index (χ4v) is 2.56. The minimum absolute atomic E-state index is 0.101. The van der Waals surface area contributed by atoms with Crippen molar-refractivity contribution in [3.05, 3.63) is 0 Å². The molecular weight excluding hydrogens is 202 g/mol. The summed E-state index contributed by atoms with van der Waals surface area (Å²) in [6.45, 7) is 1.96. The van der Waals surface area contributed by atoms with E-state index in [0.717, 1.165) is 6.42 Å². The van der Waals surface area contributed by atoms with E-state index < -0.39 is 9.84 Å². The van der Waals surface area contributed by atoms with Crippen molar-refractivity contribution >= 4 is 15.7 Å². The molecule has 0 saturated carbocycles. The highest BCUT2D eigenvalue weighted by Gasteiger charge is 2.10. The average molecular weight is 221 g/mol. The fourth-order valence-electron chi connectivity index (χ4n) is 1.04. The van der Waals surface area contributed by atoms with Crippen molar-refractivity contribution in [1.29, 1.82) is 0 Å². The maximum absolute atomic E-state index is 11.3. The topological polar surface area (TPSA) is 63.2 Å². The highest BCUT2D eigenvalue weighted by atomic mass is 32.2. The van der Waals surface area contributed by atoms with E-state index in [1.807, 2.05) is 6.92 Å². The van der Waals surface area contributed by atoms with Gasteiger partial charge in [-0.3, -0.25) is 4.79 Å². The molecular formula is C9H19NO3S. The third kappa shape index (κ3) is 6.88. The first-order valence-corrected chi connectivity index (χ1v) is 6.75. The number of carbonyl (C=O) groups excluding carboxylic acids is 1. The molecule has 1 N–H and O–H groups in total. The molecule has 0 rings (SSSR count). The van der Waals surface area contributed by atoms with E-state index in [2.05, 4.69) is 5.32 Å². The first-order chi connectivity index (χ1) is 6.52. The standard InChI is InChI=1S/C9H19NO3S/c1-3-4-7-14(12,13)8-5-6-9(11)10-2/h3-8H2,1-2H3,(H,10,11). The Hall–Kier alpha value is -0.580. The molecule has 0 bridgehead atoms. The van der Waals surface area contributed by atoms with Gasteiger partial charge in [-0.2, -0.15) is 0 Å². The van der Waals surface area contributed by atoms with E-state index in [1.165, 1.54) is 0 Å². The van der Waals surface area contributed by atoms with Crippen LogP contribution in [-0.4, -0.2) is 32.9 Å². The Morgan fingerprint density at radius 1 is 1.21 bits per heavy atom. The number of hydrogen-bond acceptors (Lipinski definition) is 3. The zero-order valence-electron chi connectivity index (χ0n) is 8.88. The lowest BCUT2D eigenvalue weighted by atomic mass is 10.3. The van der Waals surface area contributed by atoms with Gasteiger partial charge in [0.1, 0.15) is 9.84 Å². The van der Waals surface area contributed by atoms with E-state index in [-0.39, 0.29) is 17.4 Å². The Morgan fingerprint density at radius 3 is 2.29 bits per heavy atom. The van der Waals surface area contributed by atoms with Crippen LogP contribution in [-0.2, 0) is 14.6 Å². The Balaban J connectivity index is 3.71. The maximum Gasteiger partial charge on any atom is 0.219 e. The molecule has 0 saturated heterocycles. The molecule has 0 fully saturated rings. The normalized spacial score (nSPS) is 11.3. The van der Waals surface area contributed by atoms with Gasteiger partial charge in [0.15, 0.2) is 0 Å². The largest absolute Gasteiger partial charge is 0.359 e. The Morgan fingerprint density at radius 2 is 1.79 bits per heavy atom. The summed E-state index contributed by atoms with van der Waals surface area (Å²) in [4.78, 5) is 10.8. The Labute approximate surface area is 86.0 Å². The lowest BCUT2D eigenvalue weighted by Crippen LogP contribution is -2.19. The molecule has 0 aromatic heterocycles. The number of amides is 1. The predicted molar refractivity (Wildman–Crippen MR) is 56.9 cm³/mol. The van der Waals surface area contributed by atoms with E-state index in [9.17, 15) is 13.2 Å². The monoisotopic (exact) mass is 221 g/mol. The van der Waals surface area contributed by atoms with Crippen LogP contribution < -0.4 is 5.32 Å². The molecule has 0 aromatic rings. The molecule has 0 aliphatic heterocycles. The van der Waals surface area contributed by atoms with Crippen molar-refractivity contribution in [2.75, 3.05) is 18.6 Å². The summed E-state index contributed by atoms with van der Waals surface area (Å²) in [5.74, 6) is 0.271. The summed E-state index contributed by atoms with van der Waals surface area (Å²) < 4.78 is 22.7. The number of sulfone groups is 1. The van der Waals surface area contributed by atoms with Crippen LogP contribution in [0.3, 0.4) is 0 Å². The van der Waals surface area contributed by atoms with Gasteiger partial charge in [0.05, 0.1) is 11.5 Å². The molecule has 84 valence electrons. The van der Waals surface area contributed by atoms with E-state index in [1.54, 1.807) is 7.05 Å². The number of nitrogens with one attached hydrogen (secondary N) is 1. The smallest absolute Gasteiger partial charge is 0.219 e. The summed E-state index contributed by atoms with van der Waals surface area (Å²) >= 11 is 0. The second kappa shape index (κ2) is 6.81. The van der Waals surface area contributed by atoms with Gasteiger partial charge in [0, 0.05) is 13.5 Å². The van der Waals surface area contributed by atoms with E-state index in [4.69, 9.17) is 0 Å². The number of rotatable bonds is 7. The molecule has 1 amide bonds. The minimum Gasteiger partial charge on any atom is -0.359 e. The summed E-state index contributed by atoms with van der Waals surface area (Å²) in [5.41, 5.74) is 0. The summed E-state index contributed by atoms with van der Waals surface area (Å²) in [6, 6.07) is 0. The molecule has 0 aromatic carbocycles. The predicted octanol–water partition coefficient (Wildman–Crippen LogP) is 0.728. The van der Waals surface area contributed by atoms with Gasteiger partial charge < -0.3 is 5.32 Å². The van der Waals surface area contributed by atoms with Crippen LogP contribution in [0.4, 0.5) is 0 Å². The quantitative estimate of drug-likeness (QED) is 0.689. The van der Waals surface area contributed by atoms with Crippen molar-refractivity contribution in [3.63, 3.8) is 0 Å². The van der Waals surface area contributed by atoms with Gasteiger partial charge in [0.2, 0.25) is 5.91 Å². The molecule has 14 heavy (non-hydrogen) atoms. The zero-order valence-corrected chi connectivity index (χ0v) is 9.69. The fraction of sp³-hybridized carbons (Fsp3) is 0.889. The molecule has 0 atom stereocenters. The summed E-state index contributed by atoms with van der Waals surface area (Å²) in [5, 5.41) is 2.46. The van der Waals surface area contributed by atoms with Crippen molar-refractivity contribution in [3.8, 4) is 0 Å². The van der Waals surface area contributed by atoms with Gasteiger partial charge in [-0.05, 0) is 12.8 Å². The van der Waals surface area contributed by atoms with Gasteiger partial charge in [-0.15, -0.1) is 0 Å². The molecule has 0 aliphatic carbocycles. The van der Waals surface area contributed by atoms with Crippen LogP contribution in [0, 0.1) is 0 Å². The van der Waals surface area contributed by atoms with Crippen molar-refractivity contribution < 1.29 is 13.2 Å². The van der Waals surface area contributed by atoms with Crippen molar-refractivity contribution in [2.24, 2.45) is 0 Å². The van der Waals surface area contributed by atoms with Crippen LogP contribution in [0.15, 0.2) is 0 Å². The Kier molecular flexibility index (Phi) is 6.53. The first-order valence-electron chi connectivity index (χ1n) is 4.93. The van der Waals surface area contributed by atoms with Gasteiger partial charge >= 0.3 is 0 Å². The number of unbranched alkanes of at least 4 members (excludes halogenated alkanes) is 1. The molecule has 0 radical (unpaired) electrons. The number of hydrogen-bond donors (Lipinski definition) is 1. The minimum atomic E-state index is -2.93. The lowest BCUT2D eigenvalue weighted by Gasteiger charge is -2.02. The molecule has 0 aliphatic rings. The molecule has 0 heterocycles. The SMILES string of the molecule is CCCCS(=O)(=O)CCCC(=O)NC. The van der Waals surface area contributed by atoms with Crippen LogP contribution >= 0.6 is 0 Å². The Bertz CT molecular complexity index is 259. The number of carbonyl (C=O) groups is 1. The lowest BCUT2D eigenvalue weighted by molar-refractivity contribution is -0.120. The average Bonchev–Trinajstić information content (AvgIpc) is 2.14.